The Balaban J connectivity index is 1.70. The Hall–Kier alpha value is -3.35. The third-order valence-corrected chi connectivity index (χ3v) is 6.51. The lowest BCUT2D eigenvalue weighted by Crippen LogP contribution is -2.57. The molecule has 0 aliphatic heterocycles. The average molecular weight is 467 g/mol. The van der Waals surface area contributed by atoms with E-state index in [1.807, 2.05) is 43.3 Å². The van der Waals surface area contributed by atoms with Gasteiger partial charge in [-0.15, -0.1) is 0 Å². The molecule has 0 heterocycles. The number of carboxylic acid groups (broad SMARTS) is 1. The normalized spacial score (nSPS) is 15.4. The van der Waals surface area contributed by atoms with Gasteiger partial charge in [0.05, 0.1) is 0 Å². The topological polar surface area (TPSA) is 105 Å². The van der Waals surface area contributed by atoms with Crippen LogP contribution in [0.25, 0.3) is 11.1 Å². The van der Waals surface area contributed by atoms with Crippen molar-refractivity contribution in [1.29, 1.82) is 0 Å². The summed E-state index contributed by atoms with van der Waals surface area (Å²) in [6, 6.07) is 14.1. The standard InChI is InChI=1S/C27H34N2O5/c1-6-16(2)22(25(31)32)28-24(30)23(27(3,4)5)29-26(33)34-15-21-19-13-9-7-11-17(19)18-12-8-10-14-20(18)21/h7-14,16,21-23H,6,15H2,1-5H3,(H,28,30)(H,29,33)(H,31,32)/t16-,22-,23+/m0/s1. The number of ether oxygens (including phenoxy) is 1. The van der Waals surface area contributed by atoms with Gasteiger partial charge in [0.25, 0.3) is 0 Å². The van der Waals surface area contributed by atoms with Crippen LogP contribution in [0.15, 0.2) is 48.5 Å². The Bertz CT molecular complexity index is 1010. The van der Waals surface area contributed by atoms with Gasteiger partial charge in [0, 0.05) is 5.92 Å². The maximum atomic E-state index is 13.0. The van der Waals surface area contributed by atoms with Crippen LogP contribution in [0.2, 0.25) is 0 Å². The molecule has 1 aliphatic rings. The molecular weight excluding hydrogens is 432 g/mol. The molecule has 2 amide bonds. The number of hydrogen-bond acceptors (Lipinski definition) is 4. The number of aliphatic carboxylic acids is 1. The van der Waals surface area contributed by atoms with E-state index < -0.39 is 35.5 Å². The molecule has 2 aromatic carbocycles. The number of carboxylic acids is 1. The van der Waals surface area contributed by atoms with Crippen molar-refractivity contribution in [3.8, 4) is 11.1 Å². The Kier molecular flexibility index (Phi) is 7.64. The molecule has 0 bridgehead atoms. The summed E-state index contributed by atoms with van der Waals surface area (Å²) in [6.45, 7) is 9.18. The Morgan fingerprint density at radius 3 is 1.97 bits per heavy atom. The van der Waals surface area contributed by atoms with Crippen LogP contribution in [0, 0.1) is 11.3 Å². The number of carbonyl (C=O) groups is 3. The first-order valence-corrected chi connectivity index (χ1v) is 11.7. The molecule has 0 spiro atoms. The molecule has 7 heteroatoms. The molecule has 0 aromatic heterocycles. The first kappa shape index (κ1) is 25.3. The van der Waals surface area contributed by atoms with Gasteiger partial charge < -0.3 is 20.5 Å². The predicted molar refractivity (Wildman–Crippen MR) is 130 cm³/mol. The maximum absolute atomic E-state index is 13.0. The van der Waals surface area contributed by atoms with Crippen LogP contribution in [0.3, 0.4) is 0 Å². The van der Waals surface area contributed by atoms with E-state index in [9.17, 15) is 19.5 Å². The van der Waals surface area contributed by atoms with E-state index in [1.54, 1.807) is 27.7 Å². The fraction of sp³-hybridized carbons (Fsp3) is 0.444. The number of hydrogen-bond donors (Lipinski definition) is 3. The SMILES string of the molecule is CC[C@H](C)[C@H](NC(=O)[C@@H](NC(=O)OCC1c2ccccc2-c2ccccc21)C(C)(C)C)C(=O)O. The molecule has 0 saturated heterocycles. The van der Waals surface area contributed by atoms with Crippen LogP contribution in [0.5, 0.6) is 0 Å². The zero-order valence-electron chi connectivity index (χ0n) is 20.4. The van der Waals surface area contributed by atoms with Crippen molar-refractivity contribution in [2.45, 2.75) is 59.0 Å². The second kappa shape index (κ2) is 10.3. The first-order chi connectivity index (χ1) is 16.0. The molecule has 7 nitrogen and oxygen atoms in total. The summed E-state index contributed by atoms with van der Waals surface area (Å²) >= 11 is 0. The molecule has 3 atom stereocenters. The minimum atomic E-state index is -1.10. The molecular formula is C27H34N2O5. The van der Waals surface area contributed by atoms with Crippen molar-refractivity contribution in [1.82, 2.24) is 10.6 Å². The van der Waals surface area contributed by atoms with Crippen molar-refractivity contribution in [2.24, 2.45) is 11.3 Å². The van der Waals surface area contributed by atoms with Gasteiger partial charge in [-0.2, -0.15) is 0 Å². The van der Waals surface area contributed by atoms with Crippen LogP contribution < -0.4 is 10.6 Å². The Morgan fingerprint density at radius 1 is 0.971 bits per heavy atom. The minimum absolute atomic E-state index is 0.0955. The Labute approximate surface area is 200 Å². The molecule has 0 fully saturated rings. The summed E-state index contributed by atoms with van der Waals surface area (Å²) in [6.07, 6.45) is -0.121. The number of rotatable bonds is 8. The molecule has 2 aromatic rings. The number of fused-ring (bicyclic) bond motifs is 3. The van der Waals surface area contributed by atoms with Gasteiger partial charge in [-0.3, -0.25) is 4.79 Å². The quantitative estimate of drug-likeness (QED) is 0.529. The molecule has 1 aliphatic carbocycles. The van der Waals surface area contributed by atoms with Crippen molar-refractivity contribution in [2.75, 3.05) is 6.61 Å². The van der Waals surface area contributed by atoms with Gasteiger partial charge in [-0.25, -0.2) is 9.59 Å². The maximum Gasteiger partial charge on any atom is 0.407 e. The highest BCUT2D eigenvalue weighted by Gasteiger charge is 2.37. The summed E-state index contributed by atoms with van der Waals surface area (Å²) in [4.78, 5) is 37.4. The summed E-state index contributed by atoms with van der Waals surface area (Å²) in [5.41, 5.74) is 3.79. The largest absolute Gasteiger partial charge is 0.480 e. The molecule has 182 valence electrons. The van der Waals surface area contributed by atoms with Gasteiger partial charge in [0.2, 0.25) is 5.91 Å². The van der Waals surface area contributed by atoms with Gasteiger partial charge >= 0.3 is 12.1 Å². The van der Waals surface area contributed by atoms with Crippen molar-refractivity contribution in [3.63, 3.8) is 0 Å². The number of amides is 2. The summed E-state index contributed by atoms with van der Waals surface area (Å²) in [5.74, 6) is -2.00. The number of nitrogens with one attached hydrogen (secondary N) is 2. The zero-order chi connectivity index (χ0) is 25.0. The van der Waals surface area contributed by atoms with E-state index in [4.69, 9.17) is 4.74 Å². The van der Waals surface area contributed by atoms with Gasteiger partial charge in [0.1, 0.15) is 18.7 Å². The van der Waals surface area contributed by atoms with Crippen LogP contribution >= 0.6 is 0 Å². The molecule has 3 N–H and O–H groups in total. The molecule has 3 rings (SSSR count). The molecule has 0 unspecified atom stereocenters. The lowest BCUT2D eigenvalue weighted by atomic mass is 9.85. The smallest absolute Gasteiger partial charge is 0.407 e. The van der Waals surface area contributed by atoms with Gasteiger partial charge in [-0.1, -0.05) is 89.6 Å². The highest BCUT2D eigenvalue weighted by atomic mass is 16.5. The fourth-order valence-electron chi connectivity index (χ4n) is 4.35. The average Bonchev–Trinajstić information content (AvgIpc) is 3.11. The third-order valence-electron chi connectivity index (χ3n) is 6.51. The Morgan fingerprint density at radius 2 is 1.50 bits per heavy atom. The zero-order valence-corrected chi connectivity index (χ0v) is 20.4. The number of alkyl carbamates (subject to hydrolysis) is 1. The summed E-state index contributed by atoms with van der Waals surface area (Å²) < 4.78 is 5.59. The molecule has 0 radical (unpaired) electrons. The highest BCUT2D eigenvalue weighted by Crippen LogP contribution is 2.44. The number of carbonyl (C=O) groups excluding carboxylic acids is 2. The van der Waals surface area contributed by atoms with Crippen LogP contribution in [-0.4, -0.2) is 41.8 Å². The third kappa shape index (κ3) is 5.41. The molecule has 34 heavy (non-hydrogen) atoms. The van der Waals surface area contributed by atoms with Crippen molar-refractivity contribution in [3.05, 3.63) is 59.7 Å². The lowest BCUT2D eigenvalue weighted by molar-refractivity contribution is -0.144. The number of benzene rings is 2. The fourth-order valence-corrected chi connectivity index (χ4v) is 4.35. The first-order valence-electron chi connectivity index (χ1n) is 11.7. The van der Waals surface area contributed by atoms with E-state index in [0.717, 1.165) is 22.3 Å². The van der Waals surface area contributed by atoms with Gasteiger partial charge in [-0.05, 0) is 33.6 Å². The van der Waals surface area contributed by atoms with Crippen molar-refractivity contribution < 1.29 is 24.2 Å². The summed E-state index contributed by atoms with van der Waals surface area (Å²) in [5, 5.41) is 14.8. The molecule has 0 saturated carbocycles. The second-order valence-corrected chi connectivity index (χ2v) is 9.98. The van der Waals surface area contributed by atoms with Gasteiger partial charge in [0.15, 0.2) is 0 Å². The van der Waals surface area contributed by atoms with E-state index in [1.165, 1.54) is 0 Å². The van der Waals surface area contributed by atoms with E-state index in [0.29, 0.717) is 6.42 Å². The highest BCUT2D eigenvalue weighted by molar-refractivity contribution is 5.90. The van der Waals surface area contributed by atoms with Crippen LogP contribution in [-0.2, 0) is 14.3 Å². The minimum Gasteiger partial charge on any atom is -0.480 e. The predicted octanol–water partition coefficient (Wildman–Crippen LogP) is 4.56. The van der Waals surface area contributed by atoms with E-state index in [2.05, 4.69) is 22.8 Å². The van der Waals surface area contributed by atoms with Crippen LogP contribution in [0.1, 0.15) is 58.1 Å². The van der Waals surface area contributed by atoms with Crippen molar-refractivity contribution >= 4 is 18.0 Å². The van der Waals surface area contributed by atoms with E-state index in [-0.39, 0.29) is 18.4 Å². The summed E-state index contributed by atoms with van der Waals surface area (Å²) in [7, 11) is 0. The van der Waals surface area contributed by atoms with E-state index >= 15 is 0 Å². The van der Waals surface area contributed by atoms with Crippen LogP contribution in [0.4, 0.5) is 4.79 Å². The second-order valence-electron chi connectivity index (χ2n) is 9.98. The monoisotopic (exact) mass is 466 g/mol. The lowest BCUT2D eigenvalue weighted by Gasteiger charge is -2.32.